The van der Waals surface area contributed by atoms with Crippen molar-refractivity contribution in [2.75, 3.05) is 20.3 Å². The molecule has 3 aromatic rings. The van der Waals surface area contributed by atoms with Gasteiger partial charge in [0, 0.05) is 17.7 Å². The zero-order valence-electron chi connectivity index (χ0n) is 29.0. The Hall–Kier alpha value is -3.91. The number of phenolic OH excluding ortho intramolecular Hbond substituents is 3. The molecular weight excluding hydrogens is 744 g/mol. The van der Waals surface area contributed by atoms with E-state index in [1.54, 1.807) is 0 Å². The standard InChI is InChI=1S/C34H42O21/c1-10-29(54-33-26(45)23(42)20(39)17(8-35)52-33)25(44)28(47)32(50-10)49-9-18-21(40)24(43)27(46)34(53-18)55-31-22(41)19-14(38)6-12(36)7-16(19)51-30(31)11-3-4-13(37)15(5-11)48-2/h3-7,10,17-18,20-21,23-29,32-40,42-47H,8-9H2,1-2H3/t10?,17?,18?,20-,21-,23-,24?,25+,26?,27?,28?,29-,32+,33-,34-/m0/s1. The highest BCUT2D eigenvalue weighted by atomic mass is 16.8. The molecule has 3 aliphatic rings. The van der Waals surface area contributed by atoms with Crippen LogP contribution >= 0.6 is 0 Å². The van der Waals surface area contributed by atoms with Crippen LogP contribution in [0.4, 0.5) is 0 Å². The maximum Gasteiger partial charge on any atom is 0.239 e. The summed E-state index contributed by atoms with van der Waals surface area (Å²) < 4.78 is 44.7. The first-order valence-electron chi connectivity index (χ1n) is 16.9. The first-order valence-corrected chi connectivity index (χ1v) is 16.9. The number of aliphatic hydroxyl groups excluding tert-OH is 9. The monoisotopic (exact) mass is 786 g/mol. The molecule has 0 amide bonds. The molecule has 3 aliphatic heterocycles. The van der Waals surface area contributed by atoms with Gasteiger partial charge in [-0.1, -0.05) is 0 Å². The average molecular weight is 787 g/mol. The first-order chi connectivity index (χ1) is 26.1. The Morgan fingerprint density at radius 2 is 1.35 bits per heavy atom. The van der Waals surface area contributed by atoms with Crippen LogP contribution in [0.25, 0.3) is 22.3 Å². The summed E-state index contributed by atoms with van der Waals surface area (Å²) in [6, 6.07) is 5.71. The highest BCUT2D eigenvalue weighted by Gasteiger charge is 2.51. The summed E-state index contributed by atoms with van der Waals surface area (Å²) in [6.45, 7) is -0.0427. The van der Waals surface area contributed by atoms with Crippen molar-refractivity contribution in [1.82, 2.24) is 0 Å². The summed E-state index contributed by atoms with van der Waals surface area (Å²) in [4.78, 5) is 13.8. The van der Waals surface area contributed by atoms with E-state index in [9.17, 15) is 66.1 Å². The molecule has 3 fully saturated rings. The number of ether oxygens (including phenoxy) is 7. The van der Waals surface area contributed by atoms with E-state index in [1.807, 2.05) is 0 Å². The molecule has 21 nitrogen and oxygen atoms in total. The number of hydrogen-bond acceptors (Lipinski definition) is 21. The predicted octanol–water partition coefficient (Wildman–Crippen LogP) is -3.56. The molecular formula is C34H42O21. The van der Waals surface area contributed by atoms with Crippen molar-refractivity contribution in [3.8, 4) is 40.1 Å². The van der Waals surface area contributed by atoms with Gasteiger partial charge in [0.15, 0.2) is 29.8 Å². The molecule has 7 unspecified atom stereocenters. The van der Waals surface area contributed by atoms with Gasteiger partial charge < -0.3 is 98.9 Å². The van der Waals surface area contributed by atoms with Gasteiger partial charge in [0.05, 0.1) is 26.4 Å². The van der Waals surface area contributed by atoms with Crippen LogP contribution in [0, 0.1) is 0 Å². The second kappa shape index (κ2) is 16.3. The molecule has 3 saturated heterocycles. The second-order valence-corrected chi connectivity index (χ2v) is 13.3. The lowest BCUT2D eigenvalue weighted by molar-refractivity contribution is -0.359. The number of hydrogen-bond donors (Lipinski definition) is 12. The topological polar surface area (TPSA) is 338 Å². The van der Waals surface area contributed by atoms with Crippen LogP contribution < -0.4 is 14.9 Å². The van der Waals surface area contributed by atoms with E-state index >= 15 is 0 Å². The van der Waals surface area contributed by atoms with Gasteiger partial charge >= 0.3 is 0 Å². The third-order valence-corrected chi connectivity index (χ3v) is 9.60. The number of phenols is 3. The van der Waals surface area contributed by atoms with Crippen LogP contribution in [0.2, 0.25) is 0 Å². The minimum atomic E-state index is -2.02. The van der Waals surface area contributed by atoms with Gasteiger partial charge in [-0.05, 0) is 25.1 Å². The van der Waals surface area contributed by atoms with Gasteiger partial charge in [-0.3, -0.25) is 4.79 Å². The molecule has 0 radical (unpaired) electrons. The fraction of sp³-hybridized carbons (Fsp3) is 0.559. The Morgan fingerprint density at radius 3 is 2.02 bits per heavy atom. The zero-order chi connectivity index (χ0) is 40.0. The maximum atomic E-state index is 13.8. The highest BCUT2D eigenvalue weighted by Crippen LogP contribution is 2.40. The molecule has 4 heterocycles. The number of benzene rings is 2. The highest BCUT2D eigenvalue weighted by molar-refractivity contribution is 5.88. The van der Waals surface area contributed by atoms with Crippen LogP contribution in [0.1, 0.15) is 6.92 Å². The van der Waals surface area contributed by atoms with Gasteiger partial charge in [0.2, 0.25) is 17.5 Å². The first kappa shape index (κ1) is 40.7. The third kappa shape index (κ3) is 7.77. The number of aliphatic hydroxyl groups is 9. The quantitative estimate of drug-likeness (QED) is 0.0946. The van der Waals surface area contributed by atoms with Gasteiger partial charge in [-0.15, -0.1) is 0 Å². The molecule has 21 heteroatoms. The molecule has 15 atom stereocenters. The SMILES string of the molecule is COc1cc(-c2oc3cc(O)cc(O)c3c(=O)c2O[C@@H]2OC(CO[C@@H]3OC(C)[C@H](O[C@@H]4OC(CO)[C@H](O)[C@H](O)C4O)[C@H](O)C3O)[C@H](O)C(O)C2O)ccc1O. The Labute approximate surface area is 309 Å². The third-order valence-electron chi connectivity index (χ3n) is 9.60. The van der Waals surface area contributed by atoms with E-state index in [2.05, 4.69) is 0 Å². The van der Waals surface area contributed by atoms with Crippen molar-refractivity contribution in [1.29, 1.82) is 0 Å². The Balaban J connectivity index is 1.20. The molecule has 0 saturated carbocycles. The van der Waals surface area contributed by atoms with Crippen molar-refractivity contribution in [2.45, 2.75) is 99.0 Å². The Morgan fingerprint density at radius 1 is 0.709 bits per heavy atom. The summed E-state index contributed by atoms with van der Waals surface area (Å²) >= 11 is 0. The van der Waals surface area contributed by atoms with Crippen LogP contribution in [0.15, 0.2) is 39.5 Å². The predicted molar refractivity (Wildman–Crippen MR) is 178 cm³/mol. The van der Waals surface area contributed by atoms with Crippen molar-refractivity contribution in [2.24, 2.45) is 0 Å². The van der Waals surface area contributed by atoms with E-state index in [4.69, 9.17) is 37.6 Å². The van der Waals surface area contributed by atoms with Gasteiger partial charge in [-0.2, -0.15) is 0 Å². The number of fused-ring (bicyclic) bond motifs is 1. The lowest BCUT2D eigenvalue weighted by Gasteiger charge is -2.46. The average Bonchev–Trinajstić information content (AvgIpc) is 3.15. The molecule has 0 aliphatic carbocycles. The molecule has 1 aromatic heterocycles. The lowest BCUT2D eigenvalue weighted by atomic mass is 9.97. The second-order valence-electron chi connectivity index (χ2n) is 13.3. The number of rotatable bonds is 10. The van der Waals surface area contributed by atoms with Crippen LogP contribution in [-0.2, 0) is 23.7 Å². The van der Waals surface area contributed by atoms with E-state index in [0.29, 0.717) is 0 Å². The Bertz CT molecular complexity index is 1870. The summed E-state index contributed by atoms with van der Waals surface area (Å²) in [5, 5.41) is 124. The molecule has 55 heavy (non-hydrogen) atoms. The van der Waals surface area contributed by atoms with Crippen LogP contribution in [0.3, 0.4) is 0 Å². The number of aromatic hydroxyl groups is 3. The van der Waals surface area contributed by atoms with Crippen molar-refractivity contribution in [3.05, 3.63) is 40.6 Å². The molecule has 304 valence electrons. The molecule has 0 bridgehead atoms. The minimum absolute atomic E-state index is 0.0482. The number of methoxy groups -OCH3 is 1. The summed E-state index contributed by atoms with van der Waals surface area (Å²) in [7, 11) is 1.26. The summed E-state index contributed by atoms with van der Waals surface area (Å²) in [6.07, 6.45) is -25.4. The van der Waals surface area contributed by atoms with E-state index in [1.165, 1.54) is 32.2 Å². The van der Waals surface area contributed by atoms with Gasteiger partial charge in [0.1, 0.15) is 89.6 Å². The van der Waals surface area contributed by atoms with Gasteiger partial charge in [0.25, 0.3) is 0 Å². The largest absolute Gasteiger partial charge is 0.508 e. The van der Waals surface area contributed by atoms with Crippen molar-refractivity contribution in [3.63, 3.8) is 0 Å². The van der Waals surface area contributed by atoms with Crippen molar-refractivity contribution < 1.29 is 98.9 Å². The Kier molecular flexibility index (Phi) is 12.1. The molecule has 12 N–H and O–H groups in total. The fourth-order valence-corrected chi connectivity index (χ4v) is 6.51. The normalized spacial score (nSPS) is 36.8. The lowest BCUT2D eigenvalue weighted by Crippen LogP contribution is -2.64. The van der Waals surface area contributed by atoms with Crippen LogP contribution in [0.5, 0.6) is 28.7 Å². The van der Waals surface area contributed by atoms with Crippen molar-refractivity contribution >= 4 is 11.0 Å². The van der Waals surface area contributed by atoms with E-state index in [0.717, 1.165) is 12.1 Å². The van der Waals surface area contributed by atoms with E-state index in [-0.39, 0.29) is 28.4 Å². The smallest absolute Gasteiger partial charge is 0.239 e. The zero-order valence-corrected chi connectivity index (χ0v) is 29.0. The molecule has 0 spiro atoms. The molecule has 6 rings (SSSR count). The minimum Gasteiger partial charge on any atom is -0.508 e. The van der Waals surface area contributed by atoms with E-state index < -0.39 is 133 Å². The summed E-state index contributed by atoms with van der Waals surface area (Å²) in [5.41, 5.74) is -1.23. The molecule has 2 aromatic carbocycles. The van der Waals surface area contributed by atoms with Crippen LogP contribution in [-0.4, -0.2) is 174 Å². The maximum absolute atomic E-state index is 13.8. The summed E-state index contributed by atoms with van der Waals surface area (Å²) in [5.74, 6) is -2.50. The fourth-order valence-electron chi connectivity index (χ4n) is 6.51. The van der Waals surface area contributed by atoms with Gasteiger partial charge in [-0.25, -0.2) is 0 Å².